The lowest BCUT2D eigenvalue weighted by atomic mass is 10.0. The Labute approximate surface area is 210 Å². The van der Waals surface area contributed by atoms with Crippen LogP contribution in [0.2, 0.25) is 18.1 Å². The highest BCUT2D eigenvalue weighted by Gasteiger charge is 2.36. The molecule has 0 aromatic carbocycles. The van der Waals surface area contributed by atoms with E-state index in [9.17, 15) is 0 Å². The summed E-state index contributed by atoms with van der Waals surface area (Å²) in [6.45, 7) is 26.2. The van der Waals surface area contributed by atoms with Crippen molar-refractivity contribution in [3.05, 3.63) is 46.6 Å². The van der Waals surface area contributed by atoms with Gasteiger partial charge in [0.15, 0.2) is 8.32 Å². The molecular formula is C31H58OSi. The third-order valence-corrected chi connectivity index (χ3v) is 11.7. The summed E-state index contributed by atoms with van der Waals surface area (Å²) in [5, 5.41) is 0.309. The minimum Gasteiger partial charge on any atom is -0.417 e. The molecular weight excluding hydrogens is 416 g/mol. The van der Waals surface area contributed by atoms with Crippen molar-refractivity contribution in [1.29, 1.82) is 0 Å². The Morgan fingerprint density at radius 3 is 1.55 bits per heavy atom. The summed E-state index contributed by atoms with van der Waals surface area (Å²) < 4.78 is 6.35. The van der Waals surface area contributed by atoms with E-state index in [0.717, 1.165) is 12.5 Å². The molecule has 0 spiro atoms. The summed E-state index contributed by atoms with van der Waals surface area (Å²) in [6, 6.07) is 0. The first-order valence-electron chi connectivity index (χ1n) is 13.5. The molecule has 0 fully saturated rings. The van der Waals surface area contributed by atoms with Crippen molar-refractivity contribution in [1.82, 2.24) is 0 Å². The zero-order valence-corrected chi connectivity index (χ0v) is 25.4. The van der Waals surface area contributed by atoms with E-state index in [1.165, 1.54) is 74.5 Å². The lowest BCUT2D eigenvalue weighted by Gasteiger charge is -2.36. The van der Waals surface area contributed by atoms with E-state index in [4.69, 9.17) is 4.43 Å². The van der Waals surface area contributed by atoms with E-state index in [1.54, 1.807) is 5.57 Å². The second-order valence-corrected chi connectivity index (χ2v) is 16.9. The van der Waals surface area contributed by atoms with Gasteiger partial charge >= 0.3 is 0 Å². The van der Waals surface area contributed by atoms with Crippen LogP contribution in [-0.4, -0.2) is 14.9 Å². The SMILES string of the molecule is CC(C)=CCC/C(C)=C/CC/C(C)=C/CC/C(C)=C/CCC(C)CCO[Si](C)(C)C(C)(C)C. The maximum absolute atomic E-state index is 6.35. The van der Waals surface area contributed by atoms with E-state index in [1.807, 2.05) is 0 Å². The first kappa shape index (κ1) is 32.1. The molecule has 1 nitrogen and oxygen atoms in total. The predicted molar refractivity (Wildman–Crippen MR) is 155 cm³/mol. The molecule has 1 atom stereocenters. The number of hydrogen-bond donors (Lipinski definition) is 0. The molecule has 0 heterocycles. The van der Waals surface area contributed by atoms with Gasteiger partial charge in [0.1, 0.15) is 0 Å². The van der Waals surface area contributed by atoms with Gasteiger partial charge in [0.2, 0.25) is 0 Å². The third kappa shape index (κ3) is 17.3. The zero-order valence-electron chi connectivity index (χ0n) is 24.4. The van der Waals surface area contributed by atoms with Gasteiger partial charge in [-0.25, -0.2) is 0 Å². The maximum Gasteiger partial charge on any atom is 0.191 e. The number of hydrogen-bond acceptors (Lipinski definition) is 1. The molecule has 2 heteroatoms. The molecule has 0 saturated carbocycles. The monoisotopic (exact) mass is 474 g/mol. The highest BCUT2D eigenvalue weighted by Crippen LogP contribution is 2.36. The van der Waals surface area contributed by atoms with Gasteiger partial charge in [0.05, 0.1) is 0 Å². The zero-order chi connectivity index (χ0) is 25.5. The predicted octanol–water partition coefficient (Wildman–Crippen LogP) is 11.0. The van der Waals surface area contributed by atoms with Crippen LogP contribution in [0.5, 0.6) is 0 Å². The summed E-state index contributed by atoms with van der Waals surface area (Å²) >= 11 is 0. The van der Waals surface area contributed by atoms with Crippen molar-refractivity contribution < 1.29 is 4.43 Å². The summed E-state index contributed by atoms with van der Waals surface area (Å²) in [7, 11) is -1.59. The average Bonchev–Trinajstić information content (AvgIpc) is 2.66. The normalized spacial score (nSPS) is 15.1. The second kappa shape index (κ2) is 16.7. The van der Waals surface area contributed by atoms with Gasteiger partial charge in [0, 0.05) is 6.61 Å². The van der Waals surface area contributed by atoms with Crippen LogP contribution in [0.15, 0.2) is 46.6 Å². The Hall–Kier alpha value is -0.863. The van der Waals surface area contributed by atoms with E-state index in [2.05, 4.69) is 99.7 Å². The Bertz CT molecular complexity index is 651. The van der Waals surface area contributed by atoms with Gasteiger partial charge < -0.3 is 4.43 Å². The van der Waals surface area contributed by atoms with E-state index in [0.29, 0.717) is 5.04 Å². The van der Waals surface area contributed by atoms with Gasteiger partial charge in [-0.3, -0.25) is 0 Å². The van der Waals surface area contributed by atoms with Crippen LogP contribution in [0.25, 0.3) is 0 Å². The molecule has 0 saturated heterocycles. The molecule has 0 rings (SSSR count). The Balaban J connectivity index is 4.09. The average molecular weight is 475 g/mol. The molecule has 0 aliphatic heterocycles. The van der Waals surface area contributed by atoms with Crippen LogP contribution in [0.3, 0.4) is 0 Å². The number of rotatable bonds is 16. The lowest BCUT2D eigenvalue weighted by molar-refractivity contribution is 0.257. The molecule has 1 unspecified atom stereocenters. The topological polar surface area (TPSA) is 9.23 Å². The molecule has 33 heavy (non-hydrogen) atoms. The van der Waals surface area contributed by atoms with Gasteiger partial charge in [-0.2, -0.15) is 0 Å². The molecule has 0 aliphatic rings. The molecule has 0 N–H and O–H groups in total. The molecule has 0 radical (unpaired) electrons. The third-order valence-electron chi connectivity index (χ3n) is 7.19. The van der Waals surface area contributed by atoms with Gasteiger partial charge in [-0.05, 0) is 116 Å². The van der Waals surface area contributed by atoms with Crippen LogP contribution in [0, 0.1) is 5.92 Å². The molecule has 0 amide bonds. The molecule has 0 aliphatic carbocycles. The first-order chi connectivity index (χ1) is 15.2. The largest absolute Gasteiger partial charge is 0.417 e. The van der Waals surface area contributed by atoms with Gasteiger partial charge in [-0.15, -0.1) is 0 Å². The minimum atomic E-state index is -1.59. The Morgan fingerprint density at radius 2 is 1.12 bits per heavy atom. The molecule has 0 aromatic rings. The van der Waals surface area contributed by atoms with E-state index >= 15 is 0 Å². The van der Waals surface area contributed by atoms with Crippen LogP contribution in [0.1, 0.15) is 120 Å². The molecule has 0 bridgehead atoms. The highest BCUT2D eigenvalue weighted by atomic mass is 28.4. The maximum atomic E-state index is 6.35. The molecule has 0 aromatic heterocycles. The van der Waals surface area contributed by atoms with Crippen molar-refractivity contribution in [3.8, 4) is 0 Å². The van der Waals surface area contributed by atoms with Crippen molar-refractivity contribution in [2.45, 2.75) is 138 Å². The van der Waals surface area contributed by atoms with Gasteiger partial charge in [-0.1, -0.05) is 74.3 Å². The van der Waals surface area contributed by atoms with Crippen molar-refractivity contribution in [2.75, 3.05) is 6.61 Å². The summed E-state index contributed by atoms with van der Waals surface area (Å²) in [5.41, 5.74) is 6.03. The first-order valence-corrected chi connectivity index (χ1v) is 16.4. The summed E-state index contributed by atoms with van der Waals surface area (Å²) in [5.74, 6) is 0.736. The lowest BCUT2D eigenvalue weighted by Crippen LogP contribution is -2.41. The minimum absolute atomic E-state index is 0.309. The van der Waals surface area contributed by atoms with Crippen LogP contribution < -0.4 is 0 Å². The Kier molecular flexibility index (Phi) is 16.3. The van der Waals surface area contributed by atoms with Crippen LogP contribution in [-0.2, 0) is 4.43 Å². The summed E-state index contributed by atoms with van der Waals surface area (Å²) in [4.78, 5) is 0. The van der Waals surface area contributed by atoms with Crippen LogP contribution in [0.4, 0.5) is 0 Å². The molecule has 192 valence electrons. The second-order valence-electron chi connectivity index (χ2n) is 12.1. The fourth-order valence-electron chi connectivity index (χ4n) is 3.48. The fourth-order valence-corrected chi connectivity index (χ4v) is 4.54. The summed E-state index contributed by atoms with van der Waals surface area (Å²) in [6.07, 6.45) is 20.4. The Morgan fingerprint density at radius 1 is 0.697 bits per heavy atom. The highest BCUT2D eigenvalue weighted by molar-refractivity contribution is 6.74. The van der Waals surface area contributed by atoms with Crippen molar-refractivity contribution >= 4 is 8.32 Å². The smallest absolute Gasteiger partial charge is 0.191 e. The number of allylic oxidation sites excluding steroid dienone is 8. The quantitative estimate of drug-likeness (QED) is 0.160. The van der Waals surface area contributed by atoms with Crippen molar-refractivity contribution in [2.24, 2.45) is 5.92 Å². The van der Waals surface area contributed by atoms with E-state index in [-0.39, 0.29) is 0 Å². The van der Waals surface area contributed by atoms with Gasteiger partial charge in [0.25, 0.3) is 0 Å². The standard InChI is InChI=1S/C31H58OSi/c1-26(2)16-12-17-27(3)18-13-19-28(4)20-14-21-29(5)22-15-23-30(6)24-25-32-33(10,11)31(7,8)9/h16,18,20,22,30H,12-15,17,19,21,23-25H2,1-11H3/b27-18+,28-20+,29-22+. The van der Waals surface area contributed by atoms with Crippen LogP contribution >= 0.6 is 0 Å². The van der Waals surface area contributed by atoms with E-state index < -0.39 is 8.32 Å². The fraction of sp³-hybridized carbons (Fsp3) is 0.742. The van der Waals surface area contributed by atoms with Crippen molar-refractivity contribution in [3.63, 3.8) is 0 Å².